The van der Waals surface area contributed by atoms with Crippen LogP contribution in [0.15, 0.2) is 54.6 Å². The summed E-state index contributed by atoms with van der Waals surface area (Å²) in [5.41, 5.74) is 1.58. The van der Waals surface area contributed by atoms with Crippen molar-refractivity contribution in [1.82, 2.24) is 0 Å². The van der Waals surface area contributed by atoms with Crippen molar-refractivity contribution in [3.63, 3.8) is 0 Å². The van der Waals surface area contributed by atoms with Crippen LogP contribution >= 0.6 is 0 Å². The molecule has 0 aliphatic heterocycles. The second-order valence-electron chi connectivity index (χ2n) is 6.98. The normalized spacial score (nSPS) is 12.0. The number of rotatable bonds is 6. The molecule has 0 radical (unpaired) electrons. The van der Waals surface area contributed by atoms with Crippen LogP contribution in [-0.4, -0.2) is 28.5 Å². The van der Waals surface area contributed by atoms with E-state index in [1.54, 1.807) is 6.07 Å². The van der Waals surface area contributed by atoms with Gasteiger partial charge >= 0.3 is 5.97 Å². The van der Waals surface area contributed by atoms with Gasteiger partial charge in [0, 0.05) is 0 Å². The molecular formula is C19H26O3Si2. The van der Waals surface area contributed by atoms with Gasteiger partial charge in [0.05, 0.1) is 19.3 Å². The number of carbonyl (C=O) groups excluding carboxylic acids is 1. The number of benzene rings is 2. The highest BCUT2D eigenvalue weighted by molar-refractivity contribution is 7.43. The molecule has 24 heavy (non-hydrogen) atoms. The van der Waals surface area contributed by atoms with Gasteiger partial charge < -0.3 is 9.16 Å². The Morgan fingerprint density at radius 2 is 1.62 bits per heavy atom. The summed E-state index contributed by atoms with van der Waals surface area (Å²) in [6, 6.07) is 18.2. The summed E-state index contributed by atoms with van der Waals surface area (Å²) in [5, 5.41) is 1.44. The van der Waals surface area contributed by atoms with Gasteiger partial charge in [-0.05, 0) is 30.8 Å². The lowest BCUT2D eigenvalue weighted by Gasteiger charge is -2.38. The molecule has 0 aliphatic rings. The predicted molar refractivity (Wildman–Crippen MR) is 104 cm³/mol. The Bertz CT molecular complexity index is 697. The van der Waals surface area contributed by atoms with Gasteiger partial charge in [-0.3, -0.25) is 0 Å². The molecule has 0 saturated carbocycles. The van der Waals surface area contributed by atoms with E-state index in [1.165, 1.54) is 12.3 Å². The zero-order valence-corrected chi connectivity index (χ0v) is 17.1. The summed E-state index contributed by atoms with van der Waals surface area (Å²) in [7, 11) is -2.16. The van der Waals surface area contributed by atoms with E-state index in [0.29, 0.717) is 12.2 Å². The van der Waals surface area contributed by atoms with Crippen molar-refractivity contribution in [2.24, 2.45) is 0 Å². The molecule has 0 aromatic heterocycles. The van der Waals surface area contributed by atoms with Gasteiger partial charge in [-0.25, -0.2) is 4.79 Å². The van der Waals surface area contributed by atoms with E-state index in [-0.39, 0.29) is 5.97 Å². The van der Waals surface area contributed by atoms with Gasteiger partial charge in [0.25, 0.3) is 0 Å². The van der Waals surface area contributed by atoms with Gasteiger partial charge in [-0.1, -0.05) is 60.7 Å². The number of hydrogen-bond acceptors (Lipinski definition) is 3. The molecule has 0 heterocycles. The van der Waals surface area contributed by atoms with Crippen molar-refractivity contribution < 1.29 is 14.0 Å². The number of esters is 1. The van der Waals surface area contributed by atoms with Crippen LogP contribution in [0.1, 0.15) is 15.9 Å². The van der Waals surface area contributed by atoms with Crippen LogP contribution < -0.4 is 5.19 Å². The van der Waals surface area contributed by atoms with E-state index in [9.17, 15) is 4.79 Å². The molecule has 2 aromatic carbocycles. The second kappa shape index (κ2) is 7.46. The maximum absolute atomic E-state index is 11.7. The van der Waals surface area contributed by atoms with Crippen molar-refractivity contribution in [1.29, 1.82) is 0 Å². The highest BCUT2D eigenvalue weighted by Gasteiger charge is 2.44. The van der Waals surface area contributed by atoms with Crippen molar-refractivity contribution in [2.75, 3.05) is 7.11 Å². The van der Waals surface area contributed by atoms with E-state index in [1.807, 2.05) is 18.2 Å². The number of ether oxygens (including phenoxy) is 1. The summed E-state index contributed by atoms with van der Waals surface area (Å²) in [6.45, 7) is 9.92. The highest BCUT2D eigenvalue weighted by atomic mass is 29.3. The molecule has 0 N–H and O–H groups in total. The maximum Gasteiger partial charge on any atom is 0.337 e. The van der Waals surface area contributed by atoms with E-state index >= 15 is 0 Å². The van der Waals surface area contributed by atoms with Crippen LogP contribution in [0.25, 0.3) is 0 Å². The van der Waals surface area contributed by atoms with Crippen LogP contribution in [0, 0.1) is 0 Å². The lowest BCUT2D eigenvalue weighted by molar-refractivity contribution is 0.0600. The van der Waals surface area contributed by atoms with Crippen LogP contribution in [0.2, 0.25) is 26.2 Å². The number of methoxy groups -OCH3 is 1. The lowest BCUT2D eigenvalue weighted by atomic mass is 10.1. The minimum absolute atomic E-state index is 0.313. The Hall–Kier alpha value is -1.70. The average molecular weight is 359 g/mol. The quantitative estimate of drug-likeness (QED) is 0.580. The van der Waals surface area contributed by atoms with Crippen LogP contribution in [0.3, 0.4) is 0 Å². The van der Waals surface area contributed by atoms with Crippen molar-refractivity contribution in [3.05, 3.63) is 65.7 Å². The third-order valence-electron chi connectivity index (χ3n) is 4.95. The number of hydrogen-bond donors (Lipinski definition) is 0. The molecule has 2 aromatic rings. The van der Waals surface area contributed by atoms with E-state index in [0.717, 1.165) is 5.56 Å². The summed E-state index contributed by atoms with van der Waals surface area (Å²) in [5.74, 6) is -0.313. The fourth-order valence-electron chi connectivity index (χ4n) is 2.55. The lowest BCUT2D eigenvalue weighted by Crippen LogP contribution is -2.64. The van der Waals surface area contributed by atoms with Gasteiger partial charge in [0.1, 0.15) is 7.59 Å². The Morgan fingerprint density at radius 3 is 2.25 bits per heavy atom. The van der Waals surface area contributed by atoms with Gasteiger partial charge in [0.2, 0.25) is 0 Å². The fourth-order valence-corrected chi connectivity index (χ4v) is 9.05. The van der Waals surface area contributed by atoms with Crippen molar-refractivity contribution in [2.45, 2.75) is 32.8 Å². The summed E-state index contributed by atoms with van der Waals surface area (Å²) < 4.78 is 11.2. The van der Waals surface area contributed by atoms with Crippen molar-refractivity contribution in [3.8, 4) is 0 Å². The minimum atomic E-state index is -1.88. The monoisotopic (exact) mass is 358 g/mol. The van der Waals surface area contributed by atoms with Crippen molar-refractivity contribution >= 4 is 26.6 Å². The molecule has 0 spiro atoms. The summed E-state index contributed by atoms with van der Waals surface area (Å²) in [4.78, 5) is 11.7. The van der Waals surface area contributed by atoms with Crippen LogP contribution in [-0.2, 0) is 15.8 Å². The first kappa shape index (κ1) is 18.6. The molecule has 0 unspecified atom stereocenters. The second-order valence-corrected chi connectivity index (χ2v) is 21.5. The zero-order valence-electron chi connectivity index (χ0n) is 15.1. The molecule has 2 rings (SSSR count). The third kappa shape index (κ3) is 4.03. The third-order valence-corrected chi connectivity index (χ3v) is 20.9. The Balaban J connectivity index is 2.14. The topological polar surface area (TPSA) is 35.5 Å². The smallest absolute Gasteiger partial charge is 0.337 e. The molecule has 5 heteroatoms. The largest absolute Gasteiger partial charge is 0.465 e. The first-order chi connectivity index (χ1) is 11.3. The van der Waals surface area contributed by atoms with Crippen LogP contribution in [0.4, 0.5) is 0 Å². The average Bonchev–Trinajstić information content (AvgIpc) is 2.60. The molecule has 128 valence electrons. The van der Waals surface area contributed by atoms with Gasteiger partial charge in [0.15, 0.2) is 7.83 Å². The standard InChI is InChI=1S/C19H26O3Si2/c1-21-19(20)17-11-9-10-16(14-17)15-22-24(4,5)23(2,3)18-12-7-6-8-13-18/h6-14H,15H2,1-5H3. The Morgan fingerprint density at radius 1 is 0.958 bits per heavy atom. The minimum Gasteiger partial charge on any atom is -0.465 e. The summed E-state index contributed by atoms with van der Waals surface area (Å²) in [6.07, 6.45) is 0. The van der Waals surface area contributed by atoms with Gasteiger partial charge in [-0.15, -0.1) is 0 Å². The first-order valence-electron chi connectivity index (χ1n) is 8.14. The molecular weight excluding hydrogens is 332 g/mol. The van der Waals surface area contributed by atoms with E-state index in [2.05, 4.69) is 56.5 Å². The van der Waals surface area contributed by atoms with E-state index in [4.69, 9.17) is 9.16 Å². The van der Waals surface area contributed by atoms with Crippen LogP contribution in [0.5, 0.6) is 0 Å². The first-order valence-corrected chi connectivity index (χ1v) is 15.1. The fraction of sp³-hybridized carbons (Fsp3) is 0.316. The van der Waals surface area contributed by atoms with Gasteiger partial charge in [-0.2, -0.15) is 0 Å². The predicted octanol–water partition coefficient (Wildman–Crippen LogP) is 3.89. The molecule has 0 amide bonds. The summed E-state index contributed by atoms with van der Waals surface area (Å²) >= 11 is 0. The molecule has 0 fully saturated rings. The zero-order chi connectivity index (χ0) is 17.8. The Kier molecular flexibility index (Phi) is 5.80. The molecule has 0 saturated heterocycles. The number of carbonyl (C=O) groups is 1. The maximum atomic E-state index is 11.7. The molecule has 0 aliphatic carbocycles. The van der Waals surface area contributed by atoms with E-state index < -0.39 is 15.4 Å². The Labute approximate surface area is 146 Å². The molecule has 0 bridgehead atoms. The highest BCUT2D eigenvalue weighted by Crippen LogP contribution is 2.22. The molecule has 3 nitrogen and oxygen atoms in total. The molecule has 0 atom stereocenters. The SMILES string of the molecule is COC(=O)c1cccc(CO[Si](C)(C)[Si](C)(C)c2ccccc2)c1.